The second-order valence-electron chi connectivity index (χ2n) is 3.47. The number of carbonyl (C=O) groups is 2. The third kappa shape index (κ3) is 3.82. The lowest BCUT2D eigenvalue weighted by atomic mass is 10.2. The van der Waals surface area contributed by atoms with Gasteiger partial charge in [0.2, 0.25) is 5.91 Å². The number of imide groups is 1. The van der Waals surface area contributed by atoms with Crippen LogP contribution >= 0.6 is 0 Å². The number of aliphatic hydroxyl groups is 1. The average Bonchev–Trinajstić information content (AvgIpc) is 2.58. The van der Waals surface area contributed by atoms with E-state index < -0.39 is 17.9 Å². The van der Waals surface area contributed by atoms with Crippen molar-refractivity contribution in [2.24, 2.45) is 0 Å². The van der Waals surface area contributed by atoms with E-state index in [2.05, 4.69) is 31.2 Å². The molecule has 1 fully saturated rings. The van der Waals surface area contributed by atoms with Crippen molar-refractivity contribution in [3.8, 4) is 0 Å². The summed E-state index contributed by atoms with van der Waals surface area (Å²) in [7, 11) is 0. The van der Waals surface area contributed by atoms with Crippen LogP contribution in [0.25, 0.3) is 0 Å². The first-order chi connectivity index (χ1) is 7.63. The standard InChI is InChI=1S/C8H10.C4H5NO3/c1-2-8-6-4-3-5-7-8;6-2-1-3(7)5-4(2)8/h3-7H,2H2,1H3;2,6H,1H2,(H,5,7,8). The number of aliphatic hydroxyl groups excluding tert-OH is 1. The lowest BCUT2D eigenvalue weighted by molar-refractivity contribution is -0.127. The fourth-order valence-corrected chi connectivity index (χ4v) is 1.25. The number of carbonyl (C=O) groups excluding carboxylic acids is 2. The highest BCUT2D eigenvalue weighted by atomic mass is 16.3. The number of rotatable bonds is 1. The first-order valence-electron chi connectivity index (χ1n) is 5.19. The second-order valence-corrected chi connectivity index (χ2v) is 3.47. The van der Waals surface area contributed by atoms with Crippen LogP contribution in [0.15, 0.2) is 30.3 Å². The van der Waals surface area contributed by atoms with Gasteiger partial charge in [0.25, 0.3) is 5.91 Å². The van der Waals surface area contributed by atoms with E-state index in [4.69, 9.17) is 5.11 Å². The highest BCUT2D eigenvalue weighted by Crippen LogP contribution is 1.98. The maximum Gasteiger partial charge on any atom is 0.255 e. The van der Waals surface area contributed by atoms with Gasteiger partial charge < -0.3 is 5.11 Å². The SMILES string of the molecule is CCc1ccccc1.O=C1CC(O)C(=O)N1. The van der Waals surface area contributed by atoms with E-state index in [0.29, 0.717) is 0 Å². The van der Waals surface area contributed by atoms with E-state index >= 15 is 0 Å². The Morgan fingerprint density at radius 2 is 1.94 bits per heavy atom. The largest absolute Gasteiger partial charge is 0.383 e. The Labute approximate surface area is 94.3 Å². The normalized spacial score (nSPS) is 18.8. The highest BCUT2D eigenvalue weighted by Gasteiger charge is 2.27. The smallest absolute Gasteiger partial charge is 0.255 e. The molecule has 0 aromatic heterocycles. The Hall–Kier alpha value is -1.68. The third-order valence-corrected chi connectivity index (χ3v) is 2.20. The number of hydrogen-bond acceptors (Lipinski definition) is 3. The van der Waals surface area contributed by atoms with Crippen molar-refractivity contribution in [1.29, 1.82) is 0 Å². The van der Waals surface area contributed by atoms with Gasteiger partial charge in [-0.3, -0.25) is 14.9 Å². The van der Waals surface area contributed by atoms with Crippen LogP contribution in [0.3, 0.4) is 0 Å². The van der Waals surface area contributed by atoms with Gasteiger partial charge in [-0.2, -0.15) is 0 Å². The van der Waals surface area contributed by atoms with Gasteiger partial charge in [0.05, 0.1) is 6.42 Å². The minimum Gasteiger partial charge on any atom is -0.383 e. The molecule has 2 amide bonds. The molecule has 1 aliphatic heterocycles. The van der Waals surface area contributed by atoms with Crippen LogP contribution in [0.1, 0.15) is 18.9 Å². The number of amides is 2. The topological polar surface area (TPSA) is 66.4 Å². The minimum atomic E-state index is -1.11. The highest BCUT2D eigenvalue weighted by molar-refractivity contribution is 6.04. The van der Waals surface area contributed by atoms with Crippen LogP contribution in [0.2, 0.25) is 0 Å². The molecule has 0 aliphatic carbocycles. The fraction of sp³-hybridized carbons (Fsp3) is 0.333. The predicted molar refractivity (Wildman–Crippen MR) is 59.6 cm³/mol. The molecule has 1 heterocycles. The summed E-state index contributed by atoms with van der Waals surface area (Å²) < 4.78 is 0. The van der Waals surface area contributed by atoms with E-state index in [1.807, 2.05) is 11.4 Å². The molecule has 16 heavy (non-hydrogen) atoms. The van der Waals surface area contributed by atoms with Crippen LogP contribution in [0.4, 0.5) is 0 Å². The first kappa shape index (κ1) is 12.4. The van der Waals surface area contributed by atoms with E-state index in [0.717, 1.165) is 6.42 Å². The molecule has 86 valence electrons. The van der Waals surface area contributed by atoms with Crippen molar-refractivity contribution >= 4 is 11.8 Å². The number of nitrogens with one attached hydrogen (secondary N) is 1. The molecule has 4 nitrogen and oxygen atoms in total. The van der Waals surface area contributed by atoms with Crippen LogP contribution < -0.4 is 5.32 Å². The Morgan fingerprint density at radius 1 is 1.31 bits per heavy atom. The van der Waals surface area contributed by atoms with E-state index in [9.17, 15) is 9.59 Å². The molecule has 0 saturated carbocycles. The maximum absolute atomic E-state index is 10.2. The van der Waals surface area contributed by atoms with E-state index in [1.165, 1.54) is 5.56 Å². The van der Waals surface area contributed by atoms with Crippen molar-refractivity contribution in [3.05, 3.63) is 35.9 Å². The maximum atomic E-state index is 10.2. The third-order valence-electron chi connectivity index (χ3n) is 2.20. The zero-order valence-electron chi connectivity index (χ0n) is 9.14. The summed E-state index contributed by atoms with van der Waals surface area (Å²) in [5.41, 5.74) is 1.41. The molecule has 1 saturated heterocycles. The van der Waals surface area contributed by atoms with Crippen LogP contribution in [0.5, 0.6) is 0 Å². The Kier molecular flexibility index (Phi) is 4.66. The molecule has 0 bridgehead atoms. The van der Waals surface area contributed by atoms with Crippen molar-refractivity contribution in [2.75, 3.05) is 0 Å². The van der Waals surface area contributed by atoms with E-state index in [-0.39, 0.29) is 6.42 Å². The molecule has 2 N–H and O–H groups in total. The van der Waals surface area contributed by atoms with Crippen molar-refractivity contribution < 1.29 is 14.7 Å². The molecule has 2 rings (SSSR count). The molecule has 1 aromatic rings. The Bertz CT molecular complexity index is 362. The Balaban J connectivity index is 0.000000160. The molecule has 4 heteroatoms. The molecule has 1 aliphatic rings. The van der Waals surface area contributed by atoms with Gasteiger partial charge in [-0.25, -0.2) is 0 Å². The summed E-state index contributed by atoms with van der Waals surface area (Å²) in [6, 6.07) is 10.5. The molecule has 0 spiro atoms. The summed E-state index contributed by atoms with van der Waals surface area (Å²) in [6.07, 6.45) is -0.0536. The molecule has 1 unspecified atom stereocenters. The van der Waals surface area contributed by atoms with Gasteiger partial charge in [-0.15, -0.1) is 0 Å². The summed E-state index contributed by atoms with van der Waals surface area (Å²) in [4.78, 5) is 20.4. The van der Waals surface area contributed by atoms with Gasteiger partial charge in [0.1, 0.15) is 6.10 Å². The quantitative estimate of drug-likeness (QED) is 0.684. The fourth-order valence-electron chi connectivity index (χ4n) is 1.25. The second kappa shape index (κ2) is 6.02. The molecular weight excluding hydrogens is 206 g/mol. The summed E-state index contributed by atoms with van der Waals surface area (Å²) in [5, 5.41) is 10.5. The van der Waals surface area contributed by atoms with Crippen molar-refractivity contribution in [1.82, 2.24) is 5.32 Å². The summed E-state index contributed by atoms with van der Waals surface area (Å²) in [6.45, 7) is 2.16. The minimum absolute atomic E-state index is 0.0845. The van der Waals surface area contributed by atoms with Crippen molar-refractivity contribution in [2.45, 2.75) is 25.9 Å². The van der Waals surface area contributed by atoms with Crippen molar-refractivity contribution in [3.63, 3.8) is 0 Å². The number of hydrogen-bond donors (Lipinski definition) is 2. The monoisotopic (exact) mass is 221 g/mol. The lowest BCUT2D eigenvalue weighted by Gasteiger charge is -1.89. The summed E-state index contributed by atoms with van der Waals surface area (Å²) >= 11 is 0. The van der Waals surface area contributed by atoms with Gasteiger partial charge in [0.15, 0.2) is 0 Å². The van der Waals surface area contributed by atoms with Gasteiger partial charge in [0, 0.05) is 0 Å². The first-order valence-corrected chi connectivity index (χ1v) is 5.19. The number of benzene rings is 1. The summed E-state index contributed by atoms with van der Waals surface area (Å²) in [5.74, 6) is -0.988. The van der Waals surface area contributed by atoms with Crippen LogP contribution in [-0.2, 0) is 16.0 Å². The van der Waals surface area contributed by atoms with Crippen LogP contribution in [-0.4, -0.2) is 23.0 Å². The zero-order valence-corrected chi connectivity index (χ0v) is 9.14. The van der Waals surface area contributed by atoms with E-state index in [1.54, 1.807) is 0 Å². The molecular formula is C12H15NO3. The van der Waals surface area contributed by atoms with Gasteiger partial charge in [-0.05, 0) is 12.0 Å². The van der Waals surface area contributed by atoms with Crippen LogP contribution in [0, 0.1) is 0 Å². The van der Waals surface area contributed by atoms with Gasteiger partial charge >= 0.3 is 0 Å². The molecule has 1 atom stereocenters. The molecule has 0 radical (unpaired) electrons. The zero-order chi connectivity index (χ0) is 12.0. The predicted octanol–water partition coefficient (Wildman–Crippen LogP) is 0.643. The Morgan fingerprint density at radius 3 is 2.19 bits per heavy atom. The molecule has 1 aromatic carbocycles. The average molecular weight is 221 g/mol. The number of aryl methyl sites for hydroxylation is 1. The van der Waals surface area contributed by atoms with Gasteiger partial charge in [-0.1, -0.05) is 37.3 Å². The lowest BCUT2D eigenvalue weighted by Crippen LogP contribution is -2.24.